The number of para-hydroxylation sites is 1. The fourth-order valence-electron chi connectivity index (χ4n) is 2.38. The Morgan fingerprint density at radius 3 is 2.56 bits per heavy atom. The zero-order valence-corrected chi connectivity index (χ0v) is 15.8. The molecule has 0 atom stereocenters. The smallest absolute Gasteiger partial charge is 0.321 e. The molecule has 0 saturated heterocycles. The maximum absolute atomic E-state index is 13.0. The Balaban J connectivity index is 2.03. The maximum Gasteiger partial charge on any atom is 0.321 e. The highest BCUT2D eigenvalue weighted by molar-refractivity contribution is 7.99. The molecule has 27 heavy (non-hydrogen) atoms. The minimum atomic E-state index is -0.595. The van der Waals surface area contributed by atoms with Crippen LogP contribution in [0.3, 0.4) is 0 Å². The van der Waals surface area contributed by atoms with Crippen LogP contribution < -0.4 is 16.2 Å². The summed E-state index contributed by atoms with van der Waals surface area (Å²) in [6.07, 6.45) is 0. The second-order valence-corrected chi connectivity index (χ2v) is 6.82. The SMILES string of the molecule is CNC(=O)NC(=O)CSc1nc2ccccc2c(=O)n1-c1ccc(Cl)cc1. The average molecular weight is 403 g/mol. The van der Waals surface area contributed by atoms with E-state index in [1.54, 1.807) is 48.5 Å². The standard InChI is InChI=1S/C18H15ClN4O3S/c1-20-17(26)22-15(24)10-27-18-21-14-5-3-2-4-13(14)16(25)23(18)12-8-6-11(19)7-9-12/h2-9H,10H2,1H3,(H2,20,22,24,26). The van der Waals surface area contributed by atoms with Gasteiger partial charge in [-0.15, -0.1) is 0 Å². The number of imide groups is 1. The van der Waals surface area contributed by atoms with E-state index in [1.807, 2.05) is 0 Å². The van der Waals surface area contributed by atoms with Gasteiger partial charge in [0.05, 0.1) is 22.3 Å². The van der Waals surface area contributed by atoms with Crippen LogP contribution in [0.2, 0.25) is 5.02 Å². The van der Waals surface area contributed by atoms with E-state index in [4.69, 9.17) is 11.6 Å². The fourth-order valence-corrected chi connectivity index (χ4v) is 3.32. The number of hydrogen-bond donors (Lipinski definition) is 2. The molecule has 0 spiro atoms. The zero-order chi connectivity index (χ0) is 19.4. The van der Waals surface area contributed by atoms with Gasteiger partial charge in [-0.3, -0.25) is 19.5 Å². The number of urea groups is 1. The van der Waals surface area contributed by atoms with E-state index in [2.05, 4.69) is 15.6 Å². The zero-order valence-electron chi connectivity index (χ0n) is 14.2. The Hall–Kier alpha value is -2.84. The first-order valence-electron chi connectivity index (χ1n) is 7.91. The van der Waals surface area contributed by atoms with Gasteiger partial charge in [0.15, 0.2) is 5.16 Å². The number of hydrogen-bond acceptors (Lipinski definition) is 5. The van der Waals surface area contributed by atoms with Crippen molar-refractivity contribution in [2.75, 3.05) is 12.8 Å². The van der Waals surface area contributed by atoms with Gasteiger partial charge in [0.1, 0.15) is 0 Å². The van der Waals surface area contributed by atoms with Gasteiger partial charge in [-0.2, -0.15) is 0 Å². The normalized spacial score (nSPS) is 10.6. The third-order valence-corrected chi connectivity index (χ3v) is 4.83. The summed E-state index contributed by atoms with van der Waals surface area (Å²) in [7, 11) is 1.42. The second kappa shape index (κ2) is 8.24. The van der Waals surface area contributed by atoms with Crippen molar-refractivity contribution in [1.82, 2.24) is 20.2 Å². The molecule has 1 aromatic heterocycles. The van der Waals surface area contributed by atoms with Gasteiger partial charge in [0.2, 0.25) is 5.91 Å². The van der Waals surface area contributed by atoms with E-state index in [0.717, 1.165) is 11.8 Å². The first kappa shape index (κ1) is 18.9. The summed E-state index contributed by atoms with van der Waals surface area (Å²) in [5.74, 6) is -0.574. The monoisotopic (exact) mass is 402 g/mol. The molecule has 0 radical (unpaired) electrons. The van der Waals surface area contributed by atoms with Crippen molar-refractivity contribution in [3.63, 3.8) is 0 Å². The van der Waals surface area contributed by atoms with Crippen LogP contribution in [0.25, 0.3) is 16.6 Å². The van der Waals surface area contributed by atoms with Gasteiger partial charge >= 0.3 is 6.03 Å². The third kappa shape index (κ3) is 4.29. The Morgan fingerprint density at radius 1 is 1.15 bits per heavy atom. The number of carbonyl (C=O) groups is 2. The van der Waals surface area contributed by atoms with Crippen molar-refractivity contribution in [3.8, 4) is 5.69 Å². The molecule has 0 saturated carbocycles. The Morgan fingerprint density at radius 2 is 1.85 bits per heavy atom. The topological polar surface area (TPSA) is 93.1 Å². The van der Waals surface area contributed by atoms with Crippen LogP contribution in [-0.4, -0.2) is 34.3 Å². The number of nitrogens with zero attached hydrogens (tertiary/aromatic N) is 2. The highest BCUT2D eigenvalue weighted by Gasteiger charge is 2.15. The minimum absolute atomic E-state index is 0.0776. The van der Waals surface area contributed by atoms with Crippen LogP contribution >= 0.6 is 23.4 Å². The molecule has 0 aliphatic carbocycles. The summed E-state index contributed by atoms with van der Waals surface area (Å²) >= 11 is 7.00. The van der Waals surface area contributed by atoms with Gasteiger partial charge in [-0.25, -0.2) is 9.78 Å². The molecule has 0 unspecified atom stereocenters. The number of fused-ring (bicyclic) bond motifs is 1. The number of amides is 3. The second-order valence-electron chi connectivity index (χ2n) is 5.44. The minimum Gasteiger partial charge on any atom is -0.341 e. The number of benzene rings is 2. The first-order chi connectivity index (χ1) is 13.0. The Labute approximate surface area is 163 Å². The van der Waals surface area contributed by atoms with Crippen LogP contribution in [0.4, 0.5) is 4.79 Å². The molecular weight excluding hydrogens is 388 g/mol. The highest BCUT2D eigenvalue weighted by atomic mass is 35.5. The molecule has 0 aliphatic rings. The van der Waals surface area contributed by atoms with E-state index in [0.29, 0.717) is 26.8 Å². The summed E-state index contributed by atoms with van der Waals surface area (Å²) in [6, 6.07) is 13.1. The van der Waals surface area contributed by atoms with E-state index in [-0.39, 0.29) is 11.3 Å². The molecule has 3 aromatic rings. The number of carbonyl (C=O) groups excluding carboxylic acids is 2. The molecule has 0 fully saturated rings. The van der Waals surface area contributed by atoms with Gasteiger partial charge in [-0.1, -0.05) is 35.5 Å². The lowest BCUT2D eigenvalue weighted by Gasteiger charge is -2.13. The molecule has 3 rings (SSSR count). The first-order valence-corrected chi connectivity index (χ1v) is 9.28. The van der Waals surface area contributed by atoms with Crippen LogP contribution in [-0.2, 0) is 4.79 Å². The van der Waals surface area contributed by atoms with Crippen LogP contribution in [0.15, 0.2) is 58.5 Å². The lowest BCUT2D eigenvalue weighted by molar-refractivity contribution is -0.117. The highest BCUT2D eigenvalue weighted by Crippen LogP contribution is 2.22. The summed E-state index contributed by atoms with van der Waals surface area (Å²) in [5, 5.41) is 5.83. The van der Waals surface area contributed by atoms with Crippen molar-refractivity contribution in [3.05, 3.63) is 63.9 Å². The summed E-state index contributed by atoms with van der Waals surface area (Å²) in [5.41, 5.74) is 0.857. The lowest BCUT2D eigenvalue weighted by Crippen LogP contribution is -2.38. The third-order valence-electron chi connectivity index (χ3n) is 3.64. The summed E-state index contributed by atoms with van der Waals surface area (Å²) < 4.78 is 1.43. The van der Waals surface area contributed by atoms with E-state index < -0.39 is 11.9 Å². The van der Waals surface area contributed by atoms with E-state index >= 15 is 0 Å². The number of aromatic nitrogens is 2. The summed E-state index contributed by atoms with van der Waals surface area (Å²) in [6.45, 7) is 0. The molecule has 138 valence electrons. The average Bonchev–Trinajstić information content (AvgIpc) is 2.67. The van der Waals surface area contributed by atoms with E-state index in [1.165, 1.54) is 11.6 Å². The van der Waals surface area contributed by atoms with Gasteiger partial charge in [-0.05, 0) is 36.4 Å². The van der Waals surface area contributed by atoms with Crippen molar-refractivity contribution in [2.45, 2.75) is 5.16 Å². The molecule has 2 aromatic carbocycles. The van der Waals surface area contributed by atoms with Gasteiger partial charge in [0, 0.05) is 12.1 Å². The molecule has 1 heterocycles. The quantitative estimate of drug-likeness (QED) is 0.517. The van der Waals surface area contributed by atoms with Crippen LogP contribution in [0, 0.1) is 0 Å². The molecule has 9 heteroatoms. The largest absolute Gasteiger partial charge is 0.341 e. The Bertz CT molecular complexity index is 1070. The van der Waals surface area contributed by atoms with Gasteiger partial charge < -0.3 is 5.32 Å². The molecule has 7 nitrogen and oxygen atoms in total. The molecule has 0 aliphatic heterocycles. The predicted molar refractivity (Wildman–Crippen MR) is 106 cm³/mol. The predicted octanol–water partition coefficient (Wildman–Crippen LogP) is 2.59. The maximum atomic E-state index is 13.0. The van der Waals surface area contributed by atoms with E-state index in [9.17, 15) is 14.4 Å². The van der Waals surface area contributed by atoms with Crippen LogP contribution in [0.5, 0.6) is 0 Å². The van der Waals surface area contributed by atoms with Crippen molar-refractivity contribution >= 4 is 46.2 Å². The Kier molecular flexibility index (Phi) is 5.78. The van der Waals surface area contributed by atoms with Crippen molar-refractivity contribution in [2.24, 2.45) is 0 Å². The van der Waals surface area contributed by atoms with Gasteiger partial charge in [0.25, 0.3) is 5.56 Å². The number of rotatable bonds is 4. The number of nitrogens with one attached hydrogen (secondary N) is 2. The summed E-state index contributed by atoms with van der Waals surface area (Å²) in [4.78, 5) is 40.7. The lowest BCUT2D eigenvalue weighted by atomic mass is 10.2. The number of thioether (sulfide) groups is 1. The van der Waals surface area contributed by atoms with Crippen LogP contribution in [0.1, 0.15) is 0 Å². The molecule has 2 N–H and O–H groups in total. The molecule has 3 amide bonds. The molecule has 0 bridgehead atoms. The molecular formula is C18H15ClN4O3S. The fraction of sp³-hybridized carbons (Fsp3) is 0.111. The van der Waals surface area contributed by atoms with Crippen molar-refractivity contribution in [1.29, 1.82) is 0 Å². The number of halogens is 1. The van der Waals surface area contributed by atoms with Crippen molar-refractivity contribution < 1.29 is 9.59 Å².